The van der Waals surface area contributed by atoms with Gasteiger partial charge in [-0.3, -0.25) is 14.5 Å². The Balaban J connectivity index is 1.86. The first kappa shape index (κ1) is 21.5. The number of hydrogen-bond acceptors (Lipinski definition) is 3. The lowest BCUT2D eigenvalue weighted by molar-refractivity contribution is 0.0955. The van der Waals surface area contributed by atoms with E-state index in [2.05, 4.69) is 39.9 Å². The van der Waals surface area contributed by atoms with E-state index >= 15 is 0 Å². The van der Waals surface area contributed by atoms with Gasteiger partial charge in [0.1, 0.15) is 0 Å². The summed E-state index contributed by atoms with van der Waals surface area (Å²) in [6.07, 6.45) is 0.876. The minimum Gasteiger partial charge on any atom is -0.357 e. The van der Waals surface area contributed by atoms with Crippen LogP contribution in [0.2, 0.25) is 0 Å². The van der Waals surface area contributed by atoms with Gasteiger partial charge in [0.25, 0.3) is 5.91 Å². The Morgan fingerprint density at radius 3 is 2.54 bits per heavy atom. The van der Waals surface area contributed by atoms with E-state index in [0.29, 0.717) is 18.7 Å². The fourth-order valence-electron chi connectivity index (χ4n) is 3.05. The Bertz CT molecular complexity index is 797. The van der Waals surface area contributed by atoms with Crippen molar-refractivity contribution in [3.05, 3.63) is 52.8 Å². The van der Waals surface area contributed by atoms with Crippen molar-refractivity contribution in [1.29, 1.82) is 0 Å². The molecule has 2 aromatic rings. The van der Waals surface area contributed by atoms with E-state index < -0.39 is 0 Å². The van der Waals surface area contributed by atoms with Crippen LogP contribution in [0.25, 0.3) is 0 Å². The predicted molar refractivity (Wildman–Crippen MR) is 114 cm³/mol. The van der Waals surface area contributed by atoms with Gasteiger partial charge < -0.3 is 16.0 Å². The second-order valence-electron chi connectivity index (χ2n) is 6.91. The second kappa shape index (κ2) is 10.5. The molecule has 1 atom stereocenters. The van der Waals surface area contributed by atoms with Crippen LogP contribution in [0, 0.1) is 13.8 Å². The van der Waals surface area contributed by atoms with Gasteiger partial charge in [0.15, 0.2) is 5.96 Å². The summed E-state index contributed by atoms with van der Waals surface area (Å²) in [5, 5.41) is 14.1. The standard InChI is InChI=1S/C21H32N6O/c1-6-22-21(24-13-12-23-20(28)18-10-8-7-9-11-18)25-15(2)14-19-16(3)26-27(5)17(19)4/h7-11,15H,6,12-14H2,1-5H3,(H,23,28)(H2,22,24,25). The zero-order chi connectivity index (χ0) is 20.5. The normalized spacial score (nSPS) is 12.5. The molecule has 2 rings (SSSR count). The summed E-state index contributed by atoms with van der Waals surface area (Å²) in [5.74, 6) is 0.674. The Labute approximate surface area is 167 Å². The molecule has 1 amide bonds. The summed E-state index contributed by atoms with van der Waals surface area (Å²) in [6.45, 7) is 10.1. The summed E-state index contributed by atoms with van der Waals surface area (Å²) in [7, 11) is 1.97. The molecule has 28 heavy (non-hydrogen) atoms. The number of benzene rings is 1. The SMILES string of the molecule is CCNC(=NCCNC(=O)c1ccccc1)NC(C)Cc1c(C)nn(C)c1C. The van der Waals surface area contributed by atoms with Crippen LogP contribution in [-0.2, 0) is 13.5 Å². The van der Waals surface area contributed by atoms with Gasteiger partial charge in [-0.25, -0.2) is 0 Å². The fourth-order valence-corrected chi connectivity index (χ4v) is 3.05. The van der Waals surface area contributed by atoms with Crippen molar-refractivity contribution in [1.82, 2.24) is 25.7 Å². The van der Waals surface area contributed by atoms with Crippen LogP contribution < -0.4 is 16.0 Å². The molecule has 1 aromatic carbocycles. The first-order valence-corrected chi connectivity index (χ1v) is 9.79. The van der Waals surface area contributed by atoms with Crippen LogP contribution in [0.5, 0.6) is 0 Å². The zero-order valence-corrected chi connectivity index (χ0v) is 17.5. The fraction of sp³-hybridized carbons (Fsp3) is 0.476. The molecule has 0 saturated carbocycles. The molecule has 1 heterocycles. The molecular formula is C21H32N6O. The molecule has 1 unspecified atom stereocenters. The number of rotatable bonds is 8. The van der Waals surface area contributed by atoms with Gasteiger partial charge in [0.05, 0.1) is 12.2 Å². The summed E-state index contributed by atoms with van der Waals surface area (Å²) >= 11 is 0. The highest BCUT2D eigenvalue weighted by atomic mass is 16.1. The minimum atomic E-state index is -0.0790. The summed E-state index contributed by atoms with van der Waals surface area (Å²) in [6, 6.07) is 9.41. The molecule has 0 aliphatic heterocycles. The molecule has 3 N–H and O–H groups in total. The quantitative estimate of drug-likeness (QED) is 0.369. The molecule has 0 spiro atoms. The number of amides is 1. The second-order valence-corrected chi connectivity index (χ2v) is 6.91. The number of aryl methyl sites for hydroxylation is 2. The maximum absolute atomic E-state index is 12.1. The van der Waals surface area contributed by atoms with Crippen LogP contribution in [0.15, 0.2) is 35.3 Å². The molecule has 7 nitrogen and oxygen atoms in total. The van der Waals surface area contributed by atoms with Crippen molar-refractivity contribution in [2.24, 2.45) is 12.0 Å². The third-order valence-electron chi connectivity index (χ3n) is 4.60. The van der Waals surface area contributed by atoms with E-state index in [4.69, 9.17) is 0 Å². The molecule has 1 aromatic heterocycles. The highest BCUT2D eigenvalue weighted by Crippen LogP contribution is 2.14. The summed E-state index contributed by atoms with van der Waals surface area (Å²) in [5.41, 5.74) is 4.19. The largest absolute Gasteiger partial charge is 0.357 e. The topological polar surface area (TPSA) is 83.3 Å². The first-order chi connectivity index (χ1) is 13.4. The van der Waals surface area contributed by atoms with Gasteiger partial charge >= 0.3 is 0 Å². The Kier molecular flexibility index (Phi) is 8.04. The number of aliphatic imine (C=N–C) groups is 1. The number of hydrogen-bond donors (Lipinski definition) is 3. The maximum Gasteiger partial charge on any atom is 0.251 e. The van der Waals surface area contributed by atoms with Crippen molar-refractivity contribution in [3.63, 3.8) is 0 Å². The molecule has 0 bridgehead atoms. The van der Waals surface area contributed by atoms with Crippen LogP contribution >= 0.6 is 0 Å². The van der Waals surface area contributed by atoms with Crippen molar-refractivity contribution < 1.29 is 4.79 Å². The van der Waals surface area contributed by atoms with E-state index in [0.717, 1.165) is 24.6 Å². The highest BCUT2D eigenvalue weighted by Gasteiger charge is 2.14. The maximum atomic E-state index is 12.1. The van der Waals surface area contributed by atoms with E-state index in [1.807, 2.05) is 43.8 Å². The Hall–Kier alpha value is -2.83. The molecule has 7 heteroatoms. The van der Waals surface area contributed by atoms with Gasteiger partial charge in [-0.2, -0.15) is 5.10 Å². The third kappa shape index (κ3) is 6.11. The minimum absolute atomic E-state index is 0.0790. The zero-order valence-electron chi connectivity index (χ0n) is 17.5. The third-order valence-corrected chi connectivity index (χ3v) is 4.60. The van der Waals surface area contributed by atoms with E-state index in [1.165, 1.54) is 11.3 Å². The lowest BCUT2D eigenvalue weighted by atomic mass is 10.1. The first-order valence-electron chi connectivity index (χ1n) is 9.79. The lowest BCUT2D eigenvalue weighted by Crippen LogP contribution is -2.43. The molecule has 152 valence electrons. The Morgan fingerprint density at radius 2 is 1.93 bits per heavy atom. The molecule has 0 fully saturated rings. The van der Waals surface area contributed by atoms with Crippen molar-refractivity contribution >= 4 is 11.9 Å². The smallest absolute Gasteiger partial charge is 0.251 e. The number of guanidine groups is 1. The summed E-state index contributed by atoms with van der Waals surface area (Å²) in [4.78, 5) is 16.6. The average Bonchev–Trinajstić information content (AvgIpc) is 2.91. The lowest BCUT2D eigenvalue weighted by Gasteiger charge is -2.18. The molecule has 0 radical (unpaired) electrons. The number of aromatic nitrogens is 2. The monoisotopic (exact) mass is 384 g/mol. The molecular weight excluding hydrogens is 352 g/mol. The Morgan fingerprint density at radius 1 is 1.21 bits per heavy atom. The molecule has 0 aliphatic carbocycles. The van der Waals surface area contributed by atoms with Crippen molar-refractivity contribution in [2.75, 3.05) is 19.6 Å². The van der Waals surface area contributed by atoms with Crippen LogP contribution in [0.3, 0.4) is 0 Å². The molecule has 0 aliphatic rings. The number of carbonyl (C=O) groups is 1. The highest BCUT2D eigenvalue weighted by molar-refractivity contribution is 5.94. The van der Waals surface area contributed by atoms with Crippen LogP contribution in [0.4, 0.5) is 0 Å². The van der Waals surface area contributed by atoms with Gasteiger partial charge in [0.2, 0.25) is 0 Å². The van der Waals surface area contributed by atoms with E-state index in [9.17, 15) is 4.79 Å². The van der Waals surface area contributed by atoms with Crippen LogP contribution in [0.1, 0.15) is 41.2 Å². The summed E-state index contributed by atoms with van der Waals surface area (Å²) < 4.78 is 1.92. The predicted octanol–water partition coefficient (Wildman–Crippen LogP) is 1.95. The van der Waals surface area contributed by atoms with E-state index in [1.54, 1.807) is 12.1 Å². The van der Waals surface area contributed by atoms with E-state index in [-0.39, 0.29) is 11.9 Å². The van der Waals surface area contributed by atoms with Gasteiger partial charge in [-0.1, -0.05) is 18.2 Å². The van der Waals surface area contributed by atoms with Gasteiger partial charge in [0, 0.05) is 37.4 Å². The van der Waals surface area contributed by atoms with Crippen molar-refractivity contribution in [2.45, 2.75) is 40.2 Å². The van der Waals surface area contributed by atoms with Crippen LogP contribution in [-0.4, -0.2) is 47.3 Å². The molecule has 0 saturated heterocycles. The van der Waals surface area contributed by atoms with Gasteiger partial charge in [-0.05, 0) is 51.8 Å². The van der Waals surface area contributed by atoms with Gasteiger partial charge in [-0.15, -0.1) is 0 Å². The average molecular weight is 385 g/mol. The number of carbonyl (C=O) groups excluding carboxylic acids is 1. The number of nitrogens with one attached hydrogen (secondary N) is 3. The number of nitrogens with zero attached hydrogens (tertiary/aromatic N) is 3. The van der Waals surface area contributed by atoms with Crippen molar-refractivity contribution in [3.8, 4) is 0 Å².